The molecular weight excluding hydrogens is 243 g/mol. The van der Waals surface area contributed by atoms with E-state index in [0.29, 0.717) is 0 Å². The summed E-state index contributed by atoms with van der Waals surface area (Å²) in [5.41, 5.74) is 5.05. The van der Waals surface area contributed by atoms with Gasteiger partial charge in [0.1, 0.15) is 5.82 Å². The SMILES string of the molecule is NCC1(NS(=O)(=O)c2cccc(F)c2)CCC1. The van der Waals surface area contributed by atoms with Gasteiger partial charge in [-0.2, -0.15) is 0 Å². The first-order valence-corrected chi connectivity index (χ1v) is 6.95. The maximum Gasteiger partial charge on any atom is 0.241 e. The highest BCUT2D eigenvalue weighted by Crippen LogP contribution is 2.32. The van der Waals surface area contributed by atoms with Gasteiger partial charge in [0, 0.05) is 12.1 Å². The smallest absolute Gasteiger partial charge is 0.241 e. The molecule has 0 spiro atoms. The molecule has 0 atom stereocenters. The number of benzene rings is 1. The van der Waals surface area contributed by atoms with Gasteiger partial charge >= 0.3 is 0 Å². The van der Waals surface area contributed by atoms with Crippen LogP contribution in [0.15, 0.2) is 29.2 Å². The lowest BCUT2D eigenvalue weighted by Gasteiger charge is -2.41. The fraction of sp³-hybridized carbons (Fsp3) is 0.455. The molecule has 94 valence electrons. The normalized spacial score (nSPS) is 18.7. The summed E-state index contributed by atoms with van der Waals surface area (Å²) in [6, 6.07) is 4.96. The average molecular weight is 258 g/mol. The number of rotatable bonds is 4. The Bertz CT molecular complexity index is 506. The number of halogens is 1. The Balaban J connectivity index is 2.25. The third-order valence-electron chi connectivity index (χ3n) is 3.16. The molecule has 1 aromatic rings. The molecule has 0 bridgehead atoms. The lowest BCUT2D eigenvalue weighted by atomic mass is 9.78. The third kappa shape index (κ3) is 2.48. The van der Waals surface area contributed by atoms with Crippen molar-refractivity contribution in [3.05, 3.63) is 30.1 Å². The van der Waals surface area contributed by atoms with Crippen LogP contribution in [-0.4, -0.2) is 20.5 Å². The zero-order valence-corrected chi connectivity index (χ0v) is 10.1. The van der Waals surface area contributed by atoms with Crippen molar-refractivity contribution in [3.8, 4) is 0 Å². The van der Waals surface area contributed by atoms with E-state index in [4.69, 9.17) is 5.73 Å². The van der Waals surface area contributed by atoms with E-state index in [9.17, 15) is 12.8 Å². The van der Waals surface area contributed by atoms with E-state index in [1.807, 2.05) is 0 Å². The van der Waals surface area contributed by atoms with Crippen LogP contribution < -0.4 is 10.5 Å². The zero-order valence-electron chi connectivity index (χ0n) is 9.32. The molecule has 1 aliphatic rings. The predicted octanol–water partition coefficient (Wildman–Crippen LogP) is 0.985. The monoisotopic (exact) mass is 258 g/mol. The van der Waals surface area contributed by atoms with Gasteiger partial charge in [0.2, 0.25) is 10.0 Å². The minimum atomic E-state index is -3.68. The molecule has 0 aliphatic heterocycles. The molecule has 0 radical (unpaired) electrons. The largest absolute Gasteiger partial charge is 0.329 e. The molecule has 1 fully saturated rings. The molecule has 1 aliphatic carbocycles. The van der Waals surface area contributed by atoms with E-state index in [-0.39, 0.29) is 11.4 Å². The first-order chi connectivity index (χ1) is 7.97. The van der Waals surface area contributed by atoms with Gasteiger partial charge in [-0.25, -0.2) is 17.5 Å². The molecule has 17 heavy (non-hydrogen) atoms. The Kier molecular flexibility index (Phi) is 3.20. The van der Waals surface area contributed by atoms with Gasteiger partial charge in [-0.15, -0.1) is 0 Å². The van der Waals surface area contributed by atoms with Crippen LogP contribution >= 0.6 is 0 Å². The summed E-state index contributed by atoms with van der Waals surface area (Å²) < 4.78 is 39.6. The molecular formula is C11H15FN2O2S. The van der Waals surface area contributed by atoms with Gasteiger partial charge in [-0.1, -0.05) is 6.07 Å². The van der Waals surface area contributed by atoms with Crippen LogP contribution in [0.4, 0.5) is 4.39 Å². The molecule has 1 saturated carbocycles. The van der Waals surface area contributed by atoms with Crippen LogP contribution in [0.2, 0.25) is 0 Å². The number of hydrogen-bond acceptors (Lipinski definition) is 3. The number of nitrogens with one attached hydrogen (secondary N) is 1. The van der Waals surface area contributed by atoms with E-state index in [1.165, 1.54) is 18.2 Å². The summed E-state index contributed by atoms with van der Waals surface area (Å²) >= 11 is 0. The molecule has 3 N–H and O–H groups in total. The standard InChI is InChI=1S/C11H15FN2O2S/c12-9-3-1-4-10(7-9)17(15,16)14-11(8-13)5-2-6-11/h1,3-4,7,14H,2,5-6,8,13H2. The van der Waals surface area contributed by atoms with E-state index < -0.39 is 21.4 Å². The summed E-state index contributed by atoms with van der Waals surface area (Å²) in [4.78, 5) is -0.0581. The van der Waals surface area contributed by atoms with Crippen LogP contribution in [0.3, 0.4) is 0 Å². The Labute approximate surface area is 100 Å². The van der Waals surface area contributed by atoms with Crippen molar-refractivity contribution in [2.75, 3.05) is 6.54 Å². The topological polar surface area (TPSA) is 72.2 Å². The van der Waals surface area contributed by atoms with Crippen LogP contribution in [0.25, 0.3) is 0 Å². The van der Waals surface area contributed by atoms with Gasteiger partial charge in [-0.05, 0) is 37.5 Å². The summed E-state index contributed by atoms with van der Waals surface area (Å²) in [5, 5.41) is 0. The third-order valence-corrected chi connectivity index (χ3v) is 4.73. The average Bonchev–Trinajstić information content (AvgIpc) is 2.24. The van der Waals surface area contributed by atoms with Crippen molar-refractivity contribution in [2.24, 2.45) is 5.73 Å². The number of nitrogens with two attached hydrogens (primary N) is 1. The van der Waals surface area contributed by atoms with Crippen molar-refractivity contribution >= 4 is 10.0 Å². The molecule has 0 saturated heterocycles. The van der Waals surface area contributed by atoms with E-state index in [1.54, 1.807) is 0 Å². The lowest BCUT2D eigenvalue weighted by molar-refractivity contribution is 0.230. The second-order valence-electron chi connectivity index (χ2n) is 4.40. The molecule has 4 nitrogen and oxygen atoms in total. The maximum atomic E-state index is 13.0. The second kappa shape index (κ2) is 4.36. The summed E-state index contributed by atoms with van der Waals surface area (Å²) in [6.07, 6.45) is 2.43. The quantitative estimate of drug-likeness (QED) is 0.845. The number of hydrogen-bond donors (Lipinski definition) is 2. The van der Waals surface area contributed by atoms with Gasteiger partial charge in [0.15, 0.2) is 0 Å². The molecule has 0 amide bonds. The van der Waals surface area contributed by atoms with Crippen molar-refractivity contribution in [2.45, 2.75) is 29.7 Å². The molecule has 0 unspecified atom stereocenters. The summed E-state index contributed by atoms with van der Waals surface area (Å²) in [6.45, 7) is 0.265. The zero-order chi connectivity index (χ0) is 12.5. The Morgan fingerprint density at radius 3 is 2.59 bits per heavy atom. The molecule has 1 aromatic carbocycles. The van der Waals surface area contributed by atoms with E-state index in [2.05, 4.69) is 4.72 Å². The second-order valence-corrected chi connectivity index (χ2v) is 6.08. The van der Waals surface area contributed by atoms with Gasteiger partial charge in [0.25, 0.3) is 0 Å². The molecule has 0 heterocycles. The first kappa shape index (κ1) is 12.5. The lowest BCUT2D eigenvalue weighted by Crippen LogP contribution is -2.58. The highest BCUT2D eigenvalue weighted by atomic mass is 32.2. The fourth-order valence-electron chi connectivity index (χ4n) is 1.93. The van der Waals surface area contributed by atoms with Gasteiger partial charge in [0.05, 0.1) is 4.90 Å². The van der Waals surface area contributed by atoms with Gasteiger partial charge in [-0.3, -0.25) is 0 Å². The number of sulfonamides is 1. The van der Waals surface area contributed by atoms with Crippen molar-refractivity contribution in [3.63, 3.8) is 0 Å². The highest BCUT2D eigenvalue weighted by Gasteiger charge is 2.39. The minimum Gasteiger partial charge on any atom is -0.329 e. The van der Waals surface area contributed by atoms with Crippen LogP contribution in [0, 0.1) is 5.82 Å². The van der Waals surface area contributed by atoms with Crippen molar-refractivity contribution in [1.29, 1.82) is 0 Å². The Morgan fingerprint density at radius 2 is 2.12 bits per heavy atom. The highest BCUT2D eigenvalue weighted by molar-refractivity contribution is 7.89. The maximum absolute atomic E-state index is 13.0. The summed E-state index contributed by atoms with van der Waals surface area (Å²) in [5.74, 6) is -0.566. The fourth-order valence-corrected chi connectivity index (χ4v) is 3.43. The predicted molar refractivity (Wildman–Crippen MR) is 62.4 cm³/mol. The van der Waals surface area contributed by atoms with Crippen molar-refractivity contribution < 1.29 is 12.8 Å². The molecule has 6 heteroatoms. The van der Waals surface area contributed by atoms with E-state index in [0.717, 1.165) is 25.3 Å². The summed E-state index contributed by atoms with van der Waals surface area (Å²) in [7, 11) is -3.68. The first-order valence-electron chi connectivity index (χ1n) is 5.47. The molecule has 0 aromatic heterocycles. The molecule has 2 rings (SSSR count). The Hall–Kier alpha value is -0.980. The van der Waals surface area contributed by atoms with Gasteiger partial charge < -0.3 is 5.73 Å². The van der Waals surface area contributed by atoms with Crippen LogP contribution in [0.5, 0.6) is 0 Å². The van der Waals surface area contributed by atoms with Crippen LogP contribution in [0.1, 0.15) is 19.3 Å². The van der Waals surface area contributed by atoms with E-state index >= 15 is 0 Å². The Morgan fingerprint density at radius 1 is 1.41 bits per heavy atom. The van der Waals surface area contributed by atoms with Crippen molar-refractivity contribution in [1.82, 2.24) is 4.72 Å². The minimum absolute atomic E-state index is 0.0581. The van der Waals surface area contributed by atoms with Crippen LogP contribution in [-0.2, 0) is 10.0 Å².